The van der Waals surface area contributed by atoms with Crippen molar-refractivity contribution >= 4 is 29.0 Å². The van der Waals surface area contributed by atoms with Gasteiger partial charge in [0.05, 0.1) is 12.3 Å². The number of benzene rings is 1. The molecular formula is C20H22N6O2. The predicted octanol–water partition coefficient (Wildman–Crippen LogP) is 3.03. The van der Waals surface area contributed by atoms with Crippen LogP contribution in [0.25, 0.3) is 11.3 Å². The van der Waals surface area contributed by atoms with Crippen LogP contribution in [-0.4, -0.2) is 38.6 Å². The van der Waals surface area contributed by atoms with Gasteiger partial charge in [0.15, 0.2) is 0 Å². The Morgan fingerprint density at radius 1 is 1.07 bits per heavy atom. The minimum absolute atomic E-state index is 0.0315. The van der Waals surface area contributed by atoms with E-state index in [2.05, 4.69) is 30.9 Å². The van der Waals surface area contributed by atoms with Crippen LogP contribution in [0.15, 0.2) is 54.9 Å². The normalized spacial score (nSPS) is 11.5. The monoisotopic (exact) mass is 378 g/mol. The highest BCUT2D eigenvalue weighted by Gasteiger charge is 2.09. The van der Waals surface area contributed by atoms with E-state index in [0.29, 0.717) is 11.8 Å². The van der Waals surface area contributed by atoms with Crippen molar-refractivity contribution in [3.05, 3.63) is 54.9 Å². The van der Waals surface area contributed by atoms with Gasteiger partial charge in [0, 0.05) is 48.4 Å². The fraction of sp³-hybridized carbons (Fsp3) is 0.200. The third kappa shape index (κ3) is 5.24. The second kappa shape index (κ2) is 8.92. The molecule has 144 valence electrons. The van der Waals surface area contributed by atoms with Crippen LogP contribution in [0, 0.1) is 0 Å². The summed E-state index contributed by atoms with van der Waals surface area (Å²) >= 11 is 0. The third-order valence-corrected chi connectivity index (χ3v) is 3.83. The lowest BCUT2D eigenvalue weighted by atomic mass is 10.2. The van der Waals surface area contributed by atoms with Gasteiger partial charge in [-0.1, -0.05) is 0 Å². The third-order valence-electron chi connectivity index (χ3n) is 3.83. The Bertz CT molecular complexity index is 931. The maximum Gasteiger partial charge on any atom is 0.225 e. The summed E-state index contributed by atoms with van der Waals surface area (Å²) in [6, 6.07) is 12.7. The Morgan fingerprint density at radius 2 is 1.75 bits per heavy atom. The minimum Gasteiger partial charge on any atom is -0.394 e. The molecule has 2 aromatic heterocycles. The standard InChI is InChI=1S/C20H22N6O2/c1-13(12-27)22-20-25-18(15-7-9-21-10-8-15)11-19(26-20)24-17-5-3-16(4-6-17)23-14(2)28/h3-11,13,27H,12H2,1-2H3,(H,23,28)(H2,22,24,25,26)/t13-/m1/s1. The molecule has 1 atom stereocenters. The van der Waals surface area contributed by atoms with Gasteiger partial charge in [-0.05, 0) is 43.3 Å². The number of nitrogens with one attached hydrogen (secondary N) is 3. The van der Waals surface area contributed by atoms with Crippen LogP contribution in [0.5, 0.6) is 0 Å². The molecule has 0 radical (unpaired) electrons. The Morgan fingerprint density at radius 3 is 2.39 bits per heavy atom. The molecule has 1 amide bonds. The van der Waals surface area contributed by atoms with Gasteiger partial charge < -0.3 is 21.1 Å². The van der Waals surface area contributed by atoms with E-state index in [9.17, 15) is 9.90 Å². The second-order valence-corrected chi connectivity index (χ2v) is 6.31. The number of hydrogen-bond acceptors (Lipinski definition) is 7. The molecule has 0 unspecified atom stereocenters. The van der Waals surface area contributed by atoms with Gasteiger partial charge in [0.1, 0.15) is 5.82 Å². The summed E-state index contributed by atoms with van der Waals surface area (Å²) in [5.74, 6) is 0.891. The molecule has 0 aliphatic rings. The van der Waals surface area contributed by atoms with Crippen molar-refractivity contribution in [1.29, 1.82) is 0 Å². The molecule has 3 aromatic rings. The molecule has 0 saturated heterocycles. The Kier molecular flexibility index (Phi) is 6.13. The summed E-state index contributed by atoms with van der Waals surface area (Å²) in [4.78, 5) is 24.2. The molecule has 0 aliphatic carbocycles. The largest absolute Gasteiger partial charge is 0.394 e. The summed E-state index contributed by atoms with van der Waals surface area (Å²) in [6.45, 7) is 3.28. The maximum atomic E-state index is 11.1. The van der Waals surface area contributed by atoms with Crippen LogP contribution >= 0.6 is 0 Å². The summed E-state index contributed by atoms with van der Waals surface area (Å²) < 4.78 is 0. The SMILES string of the molecule is CC(=O)Nc1ccc(Nc2cc(-c3ccncc3)nc(N[C@H](C)CO)n2)cc1. The molecule has 8 nitrogen and oxygen atoms in total. The number of pyridine rings is 1. The van der Waals surface area contributed by atoms with Crippen LogP contribution < -0.4 is 16.0 Å². The van der Waals surface area contributed by atoms with Crippen LogP contribution in [-0.2, 0) is 4.79 Å². The van der Waals surface area contributed by atoms with E-state index < -0.39 is 0 Å². The lowest BCUT2D eigenvalue weighted by Gasteiger charge is -2.14. The highest BCUT2D eigenvalue weighted by Crippen LogP contribution is 2.24. The number of aromatic nitrogens is 3. The minimum atomic E-state index is -0.183. The van der Waals surface area contributed by atoms with Crippen LogP contribution in [0.3, 0.4) is 0 Å². The highest BCUT2D eigenvalue weighted by molar-refractivity contribution is 5.88. The molecule has 0 spiro atoms. The number of carbonyl (C=O) groups excluding carboxylic acids is 1. The van der Waals surface area contributed by atoms with Crippen molar-refractivity contribution < 1.29 is 9.90 Å². The number of carbonyl (C=O) groups is 1. The number of rotatable bonds is 7. The van der Waals surface area contributed by atoms with E-state index >= 15 is 0 Å². The quantitative estimate of drug-likeness (QED) is 0.500. The summed E-state index contributed by atoms with van der Waals surface area (Å²) in [5, 5.41) is 18.4. The predicted molar refractivity (Wildman–Crippen MR) is 109 cm³/mol. The van der Waals surface area contributed by atoms with Crippen molar-refractivity contribution in [2.75, 3.05) is 22.6 Å². The van der Waals surface area contributed by atoms with Crippen LogP contribution in [0.2, 0.25) is 0 Å². The molecule has 3 rings (SSSR count). The summed E-state index contributed by atoms with van der Waals surface area (Å²) in [5.41, 5.74) is 3.16. The smallest absolute Gasteiger partial charge is 0.225 e. The molecule has 2 heterocycles. The van der Waals surface area contributed by atoms with E-state index in [4.69, 9.17) is 0 Å². The molecule has 28 heavy (non-hydrogen) atoms. The Balaban J connectivity index is 1.88. The number of nitrogens with zero attached hydrogens (tertiary/aromatic N) is 3. The molecular weight excluding hydrogens is 356 g/mol. The molecule has 8 heteroatoms. The van der Waals surface area contributed by atoms with Crippen molar-refractivity contribution in [2.45, 2.75) is 19.9 Å². The topological polar surface area (TPSA) is 112 Å². The van der Waals surface area contributed by atoms with Crippen molar-refractivity contribution in [1.82, 2.24) is 15.0 Å². The van der Waals surface area contributed by atoms with Gasteiger partial charge in [-0.15, -0.1) is 0 Å². The number of aliphatic hydroxyl groups is 1. The number of hydrogen-bond donors (Lipinski definition) is 4. The van der Waals surface area contributed by atoms with Gasteiger partial charge in [-0.3, -0.25) is 9.78 Å². The average molecular weight is 378 g/mol. The van der Waals surface area contributed by atoms with Gasteiger partial charge >= 0.3 is 0 Å². The van der Waals surface area contributed by atoms with E-state index in [0.717, 1.165) is 22.6 Å². The number of aliphatic hydroxyl groups excluding tert-OH is 1. The van der Waals surface area contributed by atoms with E-state index in [1.807, 2.05) is 49.4 Å². The maximum absolute atomic E-state index is 11.1. The highest BCUT2D eigenvalue weighted by atomic mass is 16.3. The summed E-state index contributed by atoms with van der Waals surface area (Å²) in [6.07, 6.45) is 3.41. The van der Waals surface area contributed by atoms with E-state index in [1.165, 1.54) is 6.92 Å². The first-order valence-corrected chi connectivity index (χ1v) is 8.85. The molecule has 0 fully saturated rings. The van der Waals surface area contributed by atoms with Crippen molar-refractivity contribution in [3.63, 3.8) is 0 Å². The molecule has 4 N–H and O–H groups in total. The molecule has 1 aromatic carbocycles. The zero-order valence-electron chi connectivity index (χ0n) is 15.7. The van der Waals surface area contributed by atoms with Gasteiger partial charge in [0.2, 0.25) is 11.9 Å². The lowest BCUT2D eigenvalue weighted by Crippen LogP contribution is -2.21. The average Bonchev–Trinajstić information content (AvgIpc) is 2.69. The Hall–Kier alpha value is -3.52. The molecule has 0 bridgehead atoms. The van der Waals surface area contributed by atoms with E-state index in [-0.39, 0.29) is 18.6 Å². The van der Waals surface area contributed by atoms with Gasteiger partial charge in [-0.25, -0.2) is 4.98 Å². The van der Waals surface area contributed by atoms with Crippen LogP contribution in [0.1, 0.15) is 13.8 Å². The first-order chi connectivity index (χ1) is 13.5. The van der Waals surface area contributed by atoms with Gasteiger partial charge in [0.25, 0.3) is 0 Å². The van der Waals surface area contributed by atoms with Crippen LogP contribution in [0.4, 0.5) is 23.1 Å². The number of amides is 1. The van der Waals surface area contributed by atoms with Gasteiger partial charge in [-0.2, -0.15) is 4.98 Å². The molecule has 0 aliphatic heterocycles. The second-order valence-electron chi connectivity index (χ2n) is 6.31. The zero-order valence-corrected chi connectivity index (χ0v) is 15.7. The Labute approximate surface area is 163 Å². The lowest BCUT2D eigenvalue weighted by molar-refractivity contribution is -0.114. The van der Waals surface area contributed by atoms with Crippen molar-refractivity contribution in [2.24, 2.45) is 0 Å². The first-order valence-electron chi connectivity index (χ1n) is 8.85. The number of anilines is 4. The fourth-order valence-electron chi connectivity index (χ4n) is 2.50. The van der Waals surface area contributed by atoms with E-state index in [1.54, 1.807) is 12.4 Å². The van der Waals surface area contributed by atoms with Crippen molar-refractivity contribution in [3.8, 4) is 11.3 Å². The fourth-order valence-corrected chi connectivity index (χ4v) is 2.50. The first kappa shape index (κ1) is 19.2. The zero-order chi connectivity index (χ0) is 19.9. The summed E-state index contributed by atoms with van der Waals surface area (Å²) in [7, 11) is 0. The molecule has 0 saturated carbocycles.